The zero-order valence-electron chi connectivity index (χ0n) is 11.7. The number of fused-ring (bicyclic) bond motifs is 1. The maximum Gasteiger partial charge on any atom is 0.233 e. The number of aldehydes is 1. The Hall–Kier alpha value is -2.53. The summed E-state index contributed by atoms with van der Waals surface area (Å²) >= 11 is 5.91. The third-order valence-corrected chi connectivity index (χ3v) is 3.33. The van der Waals surface area contributed by atoms with E-state index in [1.165, 1.54) is 7.11 Å². The fraction of sp³-hybridized carbons (Fsp3) is 0.125. The van der Waals surface area contributed by atoms with Crippen LogP contribution in [0.15, 0.2) is 40.8 Å². The summed E-state index contributed by atoms with van der Waals surface area (Å²) in [6.45, 7) is 0.0769. The number of hydrogen-bond acceptors (Lipinski definition) is 5. The average Bonchev–Trinajstić information content (AvgIpc) is 2.94. The van der Waals surface area contributed by atoms with E-state index < -0.39 is 0 Å². The maximum absolute atomic E-state index is 11.1. The second-order valence-electron chi connectivity index (χ2n) is 4.50. The number of para-hydroxylation sites is 1. The molecule has 0 fully saturated rings. The molecule has 2 aromatic carbocycles. The number of aromatic nitrogens is 1. The highest BCUT2D eigenvalue weighted by Crippen LogP contribution is 2.31. The smallest absolute Gasteiger partial charge is 0.233 e. The number of carbonyl (C=O) groups excluding carboxylic acids is 1. The highest BCUT2D eigenvalue weighted by atomic mass is 35.5. The first-order valence-corrected chi connectivity index (χ1v) is 6.89. The molecule has 0 radical (unpaired) electrons. The third-order valence-electron chi connectivity index (χ3n) is 3.09. The predicted octanol–water partition coefficient (Wildman–Crippen LogP) is 3.88. The van der Waals surface area contributed by atoms with Gasteiger partial charge in [0.1, 0.15) is 5.52 Å². The Kier molecular flexibility index (Phi) is 3.98. The fourth-order valence-electron chi connectivity index (χ4n) is 2.08. The Morgan fingerprint density at radius 1 is 1.32 bits per heavy atom. The van der Waals surface area contributed by atoms with Crippen molar-refractivity contribution in [2.24, 2.45) is 0 Å². The number of rotatable bonds is 5. The molecule has 0 aliphatic rings. The van der Waals surface area contributed by atoms with Gasteiger partial charge in [0.15, 0.2) is 30.0 Å². The lowest BCUT2D eigenvalue weighted by molar-refractivity contribution is 0.111. The lowest BCUT2D eigenvalue weighted by Gasteiger charge is -2.10. The molecule has 0 atom stereocenters. The number of carbonyl (C=O) groups is 1. The molecule has 5 nitrogen and oxygen atoms in total. The van der Waals surface area contributed by atoms with Crippen molar-refractivity contribution in [2.75, 3.05) is 7.11 Å². The van der Waals surface area contributed by atoms with E-state index in [0.29, 0.717) is 45.4 Å². The molecule has 0 spiro atoms. The van der Waals surface area contributed by atoms with Gasteiger partial charge in [0.2, 0.25) is 5.89 Å². The second-order valence-corrected chi connectivity index (χ2v) is 4.94. The Morgan fingerprint density at radius 2 is 2.18 bits per heavy atom. The molecule has 22 heavy (non-hydrogen) atoms. The lowest BCUT2D eigenvalue weighted by Crippen LogP contribution is -2.00. The zero-order chi connectivity index (χ0) is 15.5. The van der Waals surface area contributed by atoms with Gasteiger partial charge in [-0.15, -0.1) is 0 Å². The molecule has 0 unspecified atom stereocenters. The Balaban J connectivity index is 1.86. The van der Waals surface area contributed by atoms with Crippen molar-refractivity contribution >= 4 is 29.0 Å². The largest absolute Gasteiger partial charge is 0.493 e. The molecule has 1 aromatic heterocycles. The summed E-state index contributed by atoms with van der Waals surface area (Å²) in [5, 5.41) is 0.573. The van der Waals surface area contributed by atoms with Gasteiger partial charge in [0.25, 0.3) is 0 Å². The molecule has 3 rings (SSSR count). The van der Waals surface area contributed by atoms with E-state index >= 15 is 0 Å². The van der Waals surface area contributed by atoms with Crippen LogP contribution >= 0.6 is 11.6 Å². The van der Waals surface area contributed by atoms with Crippen LogP contribution in [-0.4, -0.2) is 18.4 Å². The van der Waals surface area contributed by atoms with E-state index in [0.717, 1.165) is 0 Å². The fourth-order valence-corrected chi connectivity index (χ4v) is 2.24. The molecule has 0 saturated heterocycles. The predicted molar refractivity (Wildman–Crippen MR) is 81.7 cm³/mol. The van der Waals surface area contributed by atoms with Gasteiger partial charge in [0.05, 0.1) is 12.7 Å². The molecule has 0 bridgehead atoms. The minimum absolute atomic E-state index is 0.0769. The Bertz CT molecular complexity index is 828. The Morgan fingerprint density at radius 3 is 2.95 bits per heavy atom. The molecule has 1 heterocycles. The van der Waals surface area contributed by atoms with Gasteiger partial charge in [-0.25, -0.2) is 4.98 Å². The SMILES string of the molecule is COc1cccc(C=O)c1OCc1nc2ccc(Cl)cc2o1. The summed E-state index contributed by atoms with van der Waals surface area (Å²) < 4.78 is 16.4. The van der Waals surface area contributed by atoms with Crippen molar-refractivity contribution in [1.29, 1.82) is 0 Å². The zero-order valence-corrected chi connectivity index (χ0v) is 12.5. The normalized spacial score (nSPS) is 10.6. The highest BCUT2D eigenvalue weighted by Gasteiger charge is 2.12. The number of hydrogen-bond donors (Lipinski definition) is 0. The molecule has 112 valence electrons. The minimum Gasteiger partial charge on any atom is -0.493 e. The topological polar surface area (TPSA) is 61.6 Å². The van der Waals surface area contributed by atoms with Gasteiger partial charge in [-0.1, -0.05) is 17.7 Å². The molecule has 6 heteroatoms. The first kappa shape index (κ1) is 14.4. The lowest BCUT2D eigenvalue weighted by atomic mass is 10.2. The van der Waals surface area contributed by atoms with Crippen LogP contribution in [0.25, 0.3) is 11.1 Å². The van der Waals surface area contributed by atoms with Gasteiger partial charge < -0.3 is 13.9 Å². The molecule has 0 saturated carbocycles. The summed E-state index contributed by atoms with van der Waals surface area (Å²) in [6, 6.07) is 10.3. The van der Waals surface area contributed by atoms with E-state index in [1.807, 2.05) is 0 Å². The van der Waals surface area contributed by atoms with Crippen molar-refractivity contribution in [3.63, 3.8) is 0 Å². The van der Waals surface area contributed by atoms with Gasteiger partial charge in [-0.2, -0.15) is 0 Å². The van der Waals surface area contributed by atoms with Crippen molar-refractivity contribution < 1.29 is 18.7 Å². The molecular weight excluding hydrogens is 306 g/mol. The van der Waals surface area contributed by atoms with E-state index in [1.54, 1.807) is 36.4 Å². The van der Waals surface area contributed by atoms with Gasteiger partial charge in [0, 0.05) is 11.1 Å². The van der Waals surface area contributed by atoms with E-state index in [9.17, 15) is 4.79 Å². The monoisotopic (exact) mass is 317 g/mol. The number of oxazole rings is 1. The van der Waals surface area contributed by atoms with Crippen LogP contribution in [0.4, 0.5) is 0 Å². The minimum atomic E-state index is 0.0769. The van der Waals surface area contributed by atoms with Gasteiger partial charge >= 0.3 is 0 Å². The quantitative estimate of drug-likeness (QED) is 0.668. The van der Waals surface area contributed by atoms with Crippen molar-refractivity contribution in [1.82, 2.24) is 4.98 Å². The Labute approximate surface area is 131 Å². The molecule has 0 amide bonds. The van der Waals surface area contributed by atoms with Crippen LogP contribution in [0.2, 0.25) is 5.02 Å². The summed E-state index contributed by atoms with van der Waals surface area (Å²) in [7, 11) is 1.51. The maximum atomic E-state index is 11.1. The van der Waals surface area contributed by atoms with Crippen LogP contribution in [0.5, 0.6) is 11.5 Å². The van der Waals surface area contributed by atoms with Crippen molar-refractivity contribution in [3.05, 3.63) is 52.9 Å². The van der Waals surface area contributed by atoms with Gasteiger partial charge in [-0.3, -0.25) is 4.79 Å². The number of nitrogens with zero attached hydrogens (tertiary/aromatic N) is 1. The molecule has 0 aliphatic heterocycles. The van der Waals surface area contributed by atoms with E-state index in [2.05, 4.69) is 4.98 Å². The number of ether oxygens (including phenoxy) is 2. The first-order valence-electron chi connectivity index (χ1n) is 6.51. The molecule has 0 N–H and O–H groups in total. The van der Waals surface area contributed by atoms with E-state index in [4.69, 9.17) is 25.5 Å². The molecular formula is C16H12ClNO4. The van der Waals surface area contributed by atoms with Crippen LogP contribution < -0.4 is 9.47 Å². The summed E-state index contributed by atoms with van der Waals surface area (Å²) in [4.78, 5) is 15.4. The van der Waals surface area contributed by atoms with Crippen molar-refractivity contribution in [2.45, 2.75) is 6.61 Å². The highest BCUT2D eigenvalue weighted by molar-refractivity contribution is 6.31. The summed E-state index contributed by atoms with van der Waals surface area (Å²) in [5.74, 6) is 1.23. The third kappa shape index (κ3) is 2.76. The van der Waals surface area contributed by atoms with Crippen LogP contribution in [-0.2, 0) is 6.61 Å². The standard InChI is InChI=1S/C16H12ClNO4/c1-20-13-4-2-3-10(8-19)16(13)21-9-15-18-12-6-5-11(17)7-14(12)22-15/h2-8H,9H2,1H3. The molecule has 3 aromatic rings. The summed E-state index contributed by atoms with van der Waals surface area (Å²) in [5.41, 5.74) is 1.68. The first-order chi connectivity index (χ1) is 10.7. The van der Waals surface area contributed by atoms with Crippen LogP contribution in [0.3, 0.4) is 0 Å². The average molecular weight is 318 g/mol. The van der Waals surface area contributed by atoms with Gasteiger partial charge in [-0.05, 0) is 24.3 Å². The number of halogens is 1. The molecule has 0 aliphatic carbocycles. The van der Waals surface area contributed by atoms with Crippen molar-refractivity contribution in [3.8, 4) is 11.5 Å². The summed E-state index contributed by atoms with van der Waals surface area (Å²) in [6.07, 6.45) is 0.712. The van der Waals surface area contributed by atoms with Crippen LogP contribution in [0, 0.1) is 0 Å². The number of benzene rings is 2. The second kappa shape index (κ2) is 6.07. The van der Waals surface area contributed by atoms with Crippen LogP contribution in [0.1, 0.15) is 16.2 Å². The van der Waals surface area contributed by atoms with E-state index in [-0.39, 0.29) is 6.61 Å². The number of methoxy groups -OCH3 is 1.